The monoisotopic (exact) mass is 695 g/mol. The summed E-state index contributed by atoms with van der Waals surface area (Å²) in [5.74, 6) is -0.224. The van der Waals surface area contributed by atoms with Crippen LogP contribution in [-0.4, -0.2) is 10.2 Å². The predicted octanol–water partition coefficient (Wildman–Crippen LogP) is 10.9. The first-order chi connectivity index (χ1) is 22.8. The van der Waals surface area contributed by atoms with Crippen LogP contribution >= 0.6 is 27.5 Å². The first kappa shape index (κ1) is 29.0. The van der Waals surface area contributed by atoms with Crippen LogP contribution in [0.15, 0.2) is 120 Å². The van der Waals surface area contributed by atoms with Crippen LogP contribution in [0.5, 0.6) is 11.5 Å². The Hall–Kier alpha value is -5.43. The van der Waals surface area contributed by atoms with Gasteiger partial charge in [0.05, 0.1) is 5.69 Å². The number of fused-ring (bicyclic) bond motifs is 4. The molecule has 5 nitrogen and oxygen atoms in total. The molecule has 0 aromatic heterocycles. The number of aromatic hydroxyl groups is 2. The van der Waals surface area contributed by atoms with Gasteiger partial charge in [0.2, 0.25) is 0 Å². The average molecular weight is 697 g/mol. The van der Waals surface area contributed by atoms with Crippen LogP contribution in [0.1, 0.15) is 0 Å². The summed E-state index contributed by atoms with van der Waals surface area (Å²) in [6.07, 6.45) is 0. The fourth-order valence-electron chi connectivity index (χ4n) is 6.93. The summed E-state index contributed by atoms with van der Waals surface area (Å²) in [5, 5.41) is 30.8. The quantitative estimate of drug-likeness (QED) is 0.0930. The third-order valence-corrected chi connectivity index (χ3v) is 10.1. The molecule has 47 heavy (non-hydrogen) atoms. The van der Waals surface area contributed by atoms with Crippen molar-refractivity contribution in [1.29, 1.82) is 0 Å². The van der Waals surface area contributed by atoms with Crippen LogP contribution in [0.3, 0.4) is 0 Å². The van der Waals surface area contributed by atoms with Crippen LogP contribution < -0.4 is 17.2 Å². The van der Waals surface area contributed by atoms with Gasteiger partial charge in [-0.3, -0.25) is 0 Å². The normalized spacial score (nSPS) is 11.6. The Balaban J connectivity index is 1.64. The molecule has 0 aliphatic carbocycles. The Morgan fingerprint density at radius 3 is 1.96 bits per heavy atom. The highest BCUT2D eigenvalue weighted by Crippen LogP contribution is 2.56. The van der Waals surface area contributed by atoms with Gasteiger partial charge >= 0.3 is 0 Å². The second kappa shape index (κ2) is 10.8. The van der Waals surface area contributed by atoms with Gasteiger partial charge in [-0.2, -0.15) is 0 Å². The van der Waals surface area contributed by atoms with Crippen molar-refractivity contribution >= 4 is 87.7 Å². The van der Waals surface area contributed by atoms with Crippen molar-refractivity contribution in [3.63, 3.8) is 0 Å². The average Bonchev–Trinajstić information content (AvgIpc) is 3.09. The second-order valence-electron chi connectivity index (χ2n) is 11.7. The fraction of sp³-hybridized carbons (Fsp3) is 0. The van der Waals surface area contributed by atoms with E-state index in [4.69, 9.17) is 28.8 Å². The van der Waals surface area contributed by atoms with Crippen LogP contribution in [0.4, 0.5) is 17.1 Å². The SMILES string of the molecule is Nc1cccc2c(O)c(-c3c(O)c(N)c4ccc(Cl)c(-c5cccc6ccccc56)c4c3-c3cc(Br)c4ccccc4c3N)ccc12. The molecule has 0 aliphatic heterocycles. The van der Waals surface area contributed by atoms with Gasteiger partial charge in [-0.05, 0) is 46.0 Å². The molecule has 8 aromatic rings. The van der Waals surface area contributed by atoms with Crippen LogP contribution in [0.2, 0.25) is 5.02 Å². The number of benzene rings is 8. The maximum absolute atomic E-state index is 12.1. The van der Waals surface area contributed by atoms with E-state index in [1.165, 1.54) is 0 Å². The summed E-state index contributed by atoms with van der Waals surface area (Å²) >= 11 is 11.0. The summed E-state index contributed by atoms with van der Waals surface area (Å²) in [5.41, 5.74) is 24.9. The standard InChI is InChI=1S/C40H27BrClN3O2/c41-30-19-29(37(44)25-11-4-3-10-22(25)30)35-34-27(17-18-31(42)33(34)24-12-5-8-20-7-1-2-9-21(20)24)38(45)40(47)36(35)28-16-15-23-26(39(28)46)13-6-14-32(23)43/h1-19,46-47H,43-45H2. The second-order valence-corrected chi connectivity index (χ2v) is 12.9. The molecule has 0 fully saturated rings. The Kier molecular flexibility index (Phi) is 6.69. The zero-order chi connectivity index (χ0) is 32.6. The van der Waals surface area contributed by atoms with Gasteiger partial charge in [-0.25, -0.2) is 0 Å². The number of nitrogens with two attached hydrogens (primary N) is 3. The number of hydrogen-bond acceptors (Lipinski definition) is 5. The Bertz CT molecular complexity index is 2610. The van der Waals surface area contributed by atoms with E-state index >= 15 is 0 Å². The largest absolute Gasteiger partial charge is 0.507 e. The van der Waals surface area contributed by atoms with E-state index in [1.54, 1.807) is 30.3 Å². The van der Waals surface area contributed by atoms with Crippen molar-refractivity contribution in [2.45, 2.75) is 0 Å². The van der Waals surface area contributed by atoms with E-state index in [2.05, 4.69) is 34.1 Å². The number of rotatable bonds is 3. The van der Waals surface area contributed by atoms with E-state index in [0.29, 0.717) is 60.2 Å². The number of hydrogen-bond donors (Lipinski definition) is 5. The minimum Gasteiger partial charge on any atom is -0.507 e. The minimum absolute atomic E-state index is 0.0442. The van der Waals surface area contributed by atoms with Gasteiger partial charge < -0.3 is 27.4 Å². The molecular weight excluding hydrogens is 670 g/mol. The highest BCUT2D eigenvalue weighted by molar-refractivity contribution is 9.10. The van der Waals surface area contributed by atoms with Gasteiger partial charge in [0.1, 0.15) is 11.5 Å². The third-order valence-electron chi connectivity index (χ3n) is 9.14. The molecule has 228 valence electrons. The molecule has 8 rings (SSSR count). The smallest absolute Gasteiger partial charge is 0.147 e. The van der Waals surface area contributed by atoms with Crippen molar-refractivity contribution in [2.75, 3.05) is 17.2 Å². The van der Waals surface area contributed by atoms with Gasteiger partial charge in [0.15, 0.2) is 0 Å². The van der Waals surface area contributed by atoms with Crippen molar-refractivity contribution in [3.05, 3.63) is 125 Å². The number of phenolic OH excluding ortho intramolecular Hbond substituents is 2. The predicted molar refractivity (Wildman–Crippen MR) is 202 cm³/mol. The zero-order valence-electron chi connectivity index (χ0n) is 24.9. The Morgan fingerprint density at radius 1 is 0.489 bits per heavy atom. The van der Waals surface area contributed by atoms with Crippen molar-refractivity contribution < 1.29 is 10.2 Å². The molecule has 0 radical (unpaired) electrons. The van der Waals surface area contributed by atoms with Crippen LogP contribution in [0, 0.1) is 0 Å². The number of halogens is 2. The first-order valence-electron chi connectivity index (χ1n) is 15.0. The van der Waals surface area contributed by atoms with E-state index < -0.39 is 0 Å². The van der Waals surface area contributed by atoms with E-state index in [1.807, 2.05) is 66.7 Å². The van der Waals surface area contributed by atoms with Gasteiger partial charge in [0, 0.05) is 75.6 Å². The molecule has 0 spiro atoms. The van der Waals surface area contributed by atoms with Crippen LogP contribution in [-0.2, 0) is 0 Å². The first-order valence-corrected chi connectivity index (χ1v) is 16.2. The molecule has 0 heterocycles. The number of phenols is 2. The Labute approximate surface area is 283 Å². The summed E-state index contributed by atoms with van der Waals surface area (Å²) in [7, 11) is 0. The lowest BCUT2D eigenvalue weighted by molar-refractivity contribution is 0.474. The summed E-state index contributed by atoms with van der Waals surface area (Å²) in [4.78, 5) is 0. The summed E-state index contributed by atoms with van der Waals surface area (Å²) in [6.45, 7) is 0. The van der Waals surface area contributed by atoms with E-state index in [0.717, 1.165) is 37.1 Å². The third kappa shape index (κ3) is 4.29. The highest BCUT2D eigenvalue weighted by Gasteiger charge is 2.28. The molecule has 0 saturated carbocycles. The van der Waals surface area contributed by atoms with Gasteiger partial charge in [-0.1, -0.05) is 119 Å². The lowest BCUT2D eigenvalue weighted by atomic mass is 9.82. The molecule has 8 aromatic carbocycles. The van der Waals surface area contributed by atoms with Crippen molar-refractivity contribution in [1.82, 2.24) is 0 Å². The molecule has 0 bridgehead atoms. The van der Waals surface area contributed by atoms with Gasteiger partial charge in [-0.15, -0.1) is 0 Å². The Morgan fingerprint density at radius 2 is 1.15 bits per heavy atom. The maximum atomic E-state index is 12.1. The molecule has 0 atom stereocenters. The lowest BCUT2D eigenvalue weighted by Gasteiger charge is -2.24. The van der Waals surface area contributed by atoms with Crippen molar-refractivity contribution in [2.24, 2.45) is 0 Å². The minimum atomic E-state index is -0.180. The van der Waals surface area contributed by atoms with Crippen LogP contribution in [0.25, 0.3) is 76.5 Å². The number of anilines is 3. The number of nitrogen functional groups attached to an aromatic ring is 3. The lowest BCUT2D eigenvalue weighted by Crippen LogP contribution is -2.01. The van der Waals surface area contributed by atoms with E-state index in [9.17, 15) is 10.2 Å². The zero-order valence-corrected chi connectivity index (χ0v) is 27.2. The molecule has 0 aliphatic rings. The fourth-order valence-corrected chi connectivity index (χ4v) is 7.77. The molecule has 8 N–H and O–H groups in total. The maximum Gasteiger partial charge on any atom is 0.147 e. The highest BCUT2D eigenvalue weighted by atomic mass is 79.9. The molecule has 7 heteroatoms. The molecule has 0 amide bonds. The molecule has 0 saturated heterocycles. The van der Waals surface area contributed by atoms with E-state index in [-0.39, 0.29) is 17.2 Å². The summed E-state index contributed by atoms with van der Waals surface area (Å²) in [6, 6.07) is 36.6. The molecular formula is C40H27BrClN3O2. The topological polar surface area (TPSA) is 119 Å². The summed E-state index contributed by atoms with van der Waals surface area (Å²) < 4.78 is 0.817. The van der Waals surface area contributed by atoms with Gasteiger partial charge in [0.25, 0.3) is 0 Å². The molecule has 0 unspecified atom stereocenters. The van der Waals surface area contributed by atoms with Crippen molar-refractivity contribution in [3.8, 4) is 44.9 Å².